The molecule has 4 nitrogen and oxygen atoms in total. The van der Waals surface area contributed by atoms with E-state index in [0.717, 1.165) is 21.9 Å². The maximum absolute atomic E-state index is 5.45. The zero-order valence-corrected chi connectivity index (χ0v) is 10.7. The van der Waals surface area contributed by atoms with E-state index in [1.54, 1.807) is 0 Å². The van der Waals surface area contributed by atoms with Crippen molar-refractivity contribution in [2.45, 2.75) is 26.4 Å². The predicted octanol–water partition coefficient (Wildman–Crippen LogP) is 3.19. The highest BCUT2D eigenvalue weighted by Crippen LogP contribution is 2.20. The fraction of sp³-hybridized carbons (Fsp3) is 0.364. The third kappa shape index (κ3) is 2.74. The van der Waals surface area contributed by atoms with Crippen molar-refractivity contribution in [2.24, 2.45) is 0 Å². The molecule has 0 bridgehead atoms. The molecule has 1 unspecified atom stereocenters. The molecule has 5 heteroatoms. The van der Waals surface area contributed by atoms with Gasteiger partial charge in [-0.3, -0.25) is 0 Å². The van der Waals surface area contributed by atoms with Gasteiger partial charge in [0.25, 0.3) is 0 Å². The van der Waals surface area contributed by atoms with Gasteiger partial charge < -0.3 is 14.3 Å². The lowest BCUT2D eigenvalue weighted by Crippen LogP contribution is -2.17. The summed E-state index contributed by atoms with van der Waals surface area (Å²) in [5.41, 5.74) is 0.894. The number of nitrogens with zero attached hydrogens (tertiary/aromatic N) is 1. The zero-order chi connectivity index (χ0) is 11.5. The van der Waals surface area contributed by atoms with Crippen molar-refractivity contribution in [2.75, 3.05) is 0 Å². The van der Waals surface area contributed by atoms with Crippen molar-refractivity contribution < 1.29 is 8.94 Å². The molecule has 86 valence electrons. The Bertz CT molecular complexity index is 464. The smallest absolute Gasteiger partial charge is 0.169 e. The summed E-state index contributed by atoms with van der Waals surface area (Å²) in [5, 5.41) is 7.12. The predicted molar refractivity (Wildman–Crippen MR) is 62.9 cm³/mol. The Kier molecular flexibility index (Phi) is 3.46. The number of rotatable bonds is 4. The quantitative estimate of drug-likeness (QED) is 0.937. The van der Waals surface area contributed by atoms with E-state index in [1.807, 2.05) is 32.0 Å². The highest BCUT2D eigenvalue weighted by atomic mass is 79.9. The van der Waals surface area contributed by atoms with Gasteiger partial charge in [-0.05, 0) is 41.9 Å². The Balaban J connectivity index is 1.91. The maximum atomic E-state index is 5.45. The topological polar surface area (TPSA) is 51.2 Å². The first-order valence-electron chi connectivity index (χ1n) is 5.06. The number of furan rings is 1. The third-order valence-electron chi connectivity index (χ3n) is 2.28. The maximum Gasteiger partial charge on any atom is 0.169 e. The first kappa shape index (κ1) is 11.4. The normalized spacial score (nSPS) is 12.9. The largest absolute Gasteiger partial charge is 0.453 e. The van der Waals surface area contributed by atoms with Crippen molar-refractivity contribution in [1.29, 1.82) is 0 Å². The van der Waals surface area contributed by atoms with Gasteiger partial charge in [-0.25, -0.2) is 0 Å². The van der Waals surface area contributed by atoms with E-state index < -0.39 is 0 Å². The van der Waals surface area contributed by atoms with Crippen LogP contribution in [0, 0.1) is 6.92 Å². The van der Waals surface area contributed by atoms with Gasteiger partial charge in [0.2, 0.25) is 0 Å². The number of hydrogen-bond donors (Lipinski definition) is 1. The number of aryl methyl sites for hydroxylation is 1. The van der Waals surface area contributed by atoms with Gasteiger partial charge in [-0.15, -0.1) is 0 Å². The first-order valence-corrected chi connectivity index (χ1v) is 5.85. The Labute approximate surface area is 102 Å². The number of nitrogens with one attached hydrogen (secondary N) is 1. The minimum atomic E-state index is 0.136. The molecule has 2 heterocycles. The minimum absolute atomic E-state index is 0.136. The monoisotopic (exact) mass is 284 g/mol. The molecular formula is C11H13BrN2O2. The Hall–Kier alpha value is -1.07. The Morgan fingerprint density at radius 3 is 2.88 bits per heavy atom. The fourth-order valence-electron chi connectivity index (χ4n) is 1.41. The van der Waals surface area contributed by atoms with Crippen molar-refractivity contribution in [3.63, 3.8) is 0 Å². The van der Waals surface area contributed by atoms with Crippen LogP contribution in [0.15, 0.2) is 31.8 Å². The summed E-state index contributed by atoms with van der Waals surface area (Å²) in [7, 11) is 0. The second kappa shape index (κ2) is 4.84. The summed E-state index contributed by atoms with van der Waals surface area (Å²) < 4.78 is 11.3. The average molecular weight is 285 g/mol. The third-order valence-corrected chi connectivity index (χ3v) is 2.71. The summed E-state index contributed by atoms with van der Waals surface area (Å²) >= 11 is 3.28. The van der Waals surface area contributed by atoms with Gasteiger partial charge in [0, 0.05) is 6.07 Å². The molecule has 0 aliphatic heterocycles. The van der Waals surface area contributed by atoms with E-state index in [0.29, 0.717) is 6.54 Å². The molecule has 0 aliphatic carbocycles. The van der Waals surface area contributed by atoms with Crippen molar-refractivity contribution in [3.8, 4) is 0 Å². The summed E-state index contributed by atoms with van der Waals surface area (Å²) in [6.45, 7) is 4.58. The van der Waals surface area contributed by atoms with Crippen molar-refractivity contribution in [3.05, 3.63) is 40.1 Å². The number of hydrogen-bond acceptors (Lipinski definition) is 4. The standard InChI is InChI=1S/C11H13BrN2O2/c1-7-5-9(16-14-7)6-13-8(2)10-3-4-11(12)15-10/h3-5,8,13H,6H2,1-2H3. The van der Waals surface area contributed by atoms with Gasteiger partial charge in [-0.2, -0.15) is 0 Å². The van der Waals surface area contributed by atoms with Crippen LogP contribution in [0.25, 0.3) is 0 Å². The molecule has 2 rings (SSSR count). The molecule has 0 aliphatic rings. The van der Waals surface area contributed by atoms with Crippen LogP contribution < -0.4 is 5.32 Å². The molecule has 16 heavy (non-hydrogen) atoms. The molecule has 0 spiro atoms. The van der Waals surface area contributed by atoms with Crippen LogP contribution >= 0.6 is 15.9 Å². The molecule has 0 radical (unpaired) electrons. The number of halogens is 1. The van der Waals surface area contributed by atoms with Crippen LogP contribution in [0.5, 0.6) is 0 Å². The van der Waals surface area contributed by atoms with Crippen LogP contribution in [-0.2, 0) is 6.54 Å². The fourth-order valence-corrected chi connectivity index (χ4v) is 1.73. The first-order chi connectivity index (χ1) is 7.65. The molecule has 0 saturated heterocycles. The van der Waals surface area contributed by atoms with E-state index >= 15 is 0 Å². The molecule has 2 aromatic rings. The van der Waals surface area contributed by atoms with Gasteiger partial charge in [0.15, 0.2) is 10.4 Å². The lowest BCUT2D eigenvalue weighted by molar-refractivity contribution is 0.351. The minimum Gasteiger partial charge on any atom is -0.453 e. The summed E-state index contributed by atoms with van der Waals surface area (Å²) in [6, 6.07) is 5.87. The summed E-state index contributed by atoms with van der Waals surface area (Å²) in [4.78, 5) is 0. The van der Waals surface area contributed by atoms with Gasteiger partial charge in [0.05, 0.1) is 18.3 Å². The van der Waals surface area contributed by atoms with Crippen LogP contribution in [0.4, 0.5) is 0 Å². The second-order valence-corrected chi connectivity index (χ2v) is 4.46. The Morgan fingerprint density at radius 2 is 2.31 bits per heavy atom. The highest BCUT2D eigenvalue weighted by molar-refractivity contribution is 9.10. The lowest BCUT2D eigenvalue weighted by Gasteiger charge is -2.08. The van der Waals surface area contributed by atoms with Crippen LogP contribution in [0.1, 0.15) is 30.2 Å². The summed E-state index contributed by atoms with van der Waals surface area (Å²) in [5.74, 6) is 1.72. The van der Waals surface area contributed by atoms with Crippen molar-refractivity contribution in [1.82, 2.24) is 10.5 Å². The second-order valence-electron chi connectivity index (χ2n) is 3.68. The molecule has 1 N–H and O–H groups in total. The van der Waals surface area contributed by atoms with Crippen LogP contribution in [-0.4, -0.2) is 5.16 Å². The van der Waals surface area contributed by atoms with E-state index in [2.05, 4.69) is 26.4 Å². The van der Waals surface area contributed by atoms with E-state index in [1.165, 1.54) is 0 Å². The Morgan fingerprint density at radius 1 is 1.50 bits per heavy atom. The zero-order valence-electron chi connectivity index (χ0n) is 9.16. The van der Waals surface area contributed by atoms with Crippen LogP contribution in [0.2, 0.25) is 0 Å². The van der Waals surface area contributed by atoms with E-state index in [-0.39, 0.29) is 6.04 Å². The van der Waals surface area contributed by atoms with Gasteiger partial charge in [-0.1, -0.05) is 5.16 Å². The van der Waals surface area contributed by atoms with E-state index in [9.17, 15) is 0 Å². The average Bonchev–Trinajstić information content (AvgIpc) is 2.84. The molecular weight excluding hydrogens is 272 g/mol. The number of aromatic nitrogens is 1. The molecule has 0 fully saturated rings. The highest BCUT2D eigenvalue weighted by Gasteiger charge is 2.10. The SMILES string of the molecule is Cc1cc(CNC(C)c2ccc(Br)o2)on1. The lowest BCUT2D eigenvalue weighted by atomic mass is 10.2. The van der Waals surface area contributed by atoms with Gasteiger partial charge in [0.1, 0.15) is 5.76 Å². The van der Waals surface area contributed by atoms with E-state index in [4.69, 9.17) is 8.94 Å². The van der Waals surface area contributed by atoms with Crippen molar-refractivity contribution >= 4 is 15.9 Å². The molecule has 2 aromatic heterocycles. The van der Waals surface area contributed by atoms with Gasteiger partial charge >= 0.3 is 0 Å². The molecule has 0 amide bonds. The molecule has 0 aromatic carbocycles. The summed E-state index contributed by atoms with van der Waals surface area (Å²) in [6.07, 6.45) is 0. The molecule has 0 saturated carbocycles. The molecule has 1 atom stereocenters. The van der Waals surface area contributed by atoms with Crippen LogP contribution in [0.3, 0.4) is 0 Å².